The molecular formula is C21H16N2O6. The standard InChI is InChI=1S/C21H16N2O6/c24-20(19-10-5-11-28-19)22-18(13-16-8-4-9-17(12-16)23(26)27)21(25)29-14-15-6-2-1-3-7-15/h1-13H,14H2,(H,22,24). The van der Waals surface area contributed by atoms with Gasteiger partial charge < -0.3 is 14.5 Å². The fourth-order valence-corrected chi connectivity index (χ4v) is 2.43. The Hall–Kier alpha value is -4.20. The maximum Gasteiger partial charge on any atom is 0.355 e. The van der Waals surface area contributed by atoms with E-state index in [1.165, 1.54) is 42.7 Å². The van der Waals surface area contributed by atoms with Crippen LogP contribution >= 0.6 is 0 Å². The first-order valence-corrected chi connectivity index (χ1v) is 8.55. The number of carbonyl (C=O) groups is 2. The van der Waals surface area contributed by atoms with Crippen LogP contribution in [0, 0.1) is 10.1 Å². The molecule has 2 aromatic carbocycles. The number of non-ortho nitro benzene ring substituents is 1. The predicted octanol–water partition coefficient (Wildman–Crippen LogP) is 3.70. The number of nitro groups is 1. The van der Waals surface area contributed by atoms with E-state index in [2.05, 4.69) is 5.32 Å². The minimum atomic E-state index is -0.791. The monoisotopic (exact) mass is 392 g/mol. The molecule has 0 aliphatic carbocycles. The van der Waals surface area contributed by atoms with E-state index in [1.54, 1.807) is 18.2 Å². The Labute approximate surface area is 165 Å². The summed E-state index contributed by atoms with van der Waals surface area (Å²) in [6.07, 6.45) is 2.63. The Morgan fingerprint density at radius 1 is 1.07 bits per heavy atom. The smallest absolute Gasteiger partial charge is 0.355 e. The van der Waals surface area contributed by atoms with Crippen LogP contribution in [0.5, 0.6) is 0 Å². The molecular weight excluding hydrogens is 376 g/mol. The predicted molar refractivity (Wildman–Crippen MR) is 103 cm³/mol. The molecule has 0 saturated carbocycles. The maximum atomic E-state index is 12.6. The first kappa shape index (κ1) is 19.6. The average molecular weight is 392 g/mol. The van der Waals surface area contributed by atoms with E-state index in [0.717, 1.165) is 5.56 Å². The molecule has 3 aromatic rings. The van der Waals surface area contributed by atoms with Crippen molar-refractivity contribution in [2.24, 2.45) is 0 Å². The van der Waals surface area contributed by atoms with Crippen molar-refractivity contribution in [2.75, 3.05) is 0 Å². The number of hydrogen-bond acceptors (Lipinski definition) is 6. The lowest BCUT2D eigenvalue weighted by Crippen LogP contribution is -2.28. The number of furan rings is 1. The highest BCUT2D eigenvalue weighted by atomic mass is 16.6. The molecule has 3 rings (SSSR count). The molecule has 8 heteroatoms. The molecule has 0 fully saturated rings. The zero-order valence-corrected chi connectivity index (χ0v) is 15.1. The lowest BCUT2D eigenvalue weighted by atomic mass is 10.1. The molecule has 1 amide bonds. The third-order valence-corrected chi connectivity index (χ3v) is 3.82. The summed E-state index contributed by atoms with van der Waals surface area (Å²) in [4.78, 5) is 35.3. The quantitative estimate of drug-likeness (QED) is 0.284. The number of rotatable bonds is 7. The van der Waals surface area contributed by atoms with Crippen LogP contribution in [0.1, 0.15) is 21.7 Å². The van der Waals surface area contributed by atoms with E-state index in [-0.39, 0.29) is 23.8 Å². The van der Waals surface area contributed by atoms with Crippen LogP contribution in [-0.4, -0.2) is 16.8 Å². The van der Waals surface area contributed by atoms with Crippen LogP contribution in [-0.2, 0) is 16.1 Å². The van der Waals surface area contributed by atoms with Crippen LogP contribution in [0.4, 0.5) is 5.69 Å². The molecule has 0 spiro atoms. The highest BCUT2D eigenvalue weighted by Gasteiger charge is 2.18. The number of hydrogen-bond donors (Lipinski definition) is 1. The summed E-state index contributed by atoms with van der Waals surface area (Å²) in [6, 6.07) is 17.7. The minimum Gasteiger partial charge on any atom is -0.459 e. The largest absolute Gasteiger partial charge is 0.459 e. The van der Waals surface area contributed by atoms with E-state index in [0.29, 0.717) is 5.56 Å². The summed E-state index contributed by atoms with van der Waals surface area (Å²) in [6.45, 7) is 0.00255. The van der Waals surface area contributed by atoms with Crippen LogP contribution in [0.15, 0.2) is 83.1 Å². The molecule has 0 aliphatic heterocycles. The summed E-state index contributed by atoms with van der Waals surface area (Å²) < 4.78 is 10.3. The number of esters is 1. The van der Waals surface area contributed by atoms with E-state index in [4.69, 9.17) is 9.15 Å². The van der Waals surface area contributed by atoms with Gasteiger partial charge in [-0.3, -0.25) is 14.9 Å². The van der Waals surface area contributed by atoms with Gasteiger partial charge in [0.15, 0.2) is 5.76 Å². The van der Waals surface area contributed by atoms with E-state index in [1.807, 2.05) is 18.2 Å². The molecule has 146 valence electrons. The first-order valence-electron chi connectivity index (χ1n) is 8.55. The van der Waals surface area contributed by atoms with Crippen molar-refractivity contribution in [3.8, 4) is 0 Å². The summed E-state index contributed by atoms with van der Waals surface area (Å²) in [5, 5.41) is 13.4. The van der Waals surface area contributed by atoms with Crippen LogP contribution in [0.25, 0.3) is 6.08 Å². The second-order valence-electron chi connectivity index (χ2n) is 5.90. The second-order valence-corrected chi connectivity index (χ2v) is 5.90. The molecule has 0 saturated heterocycles. The molecule has 1 aromatic heterocycles. The highest BCUT2D eigenvalue weighted by molar-refractivity contribution is 6.02. The van der Waals surface area contributed by atoms with E-state index >= 15 is 0 Å². The number of ether oxygens (including phenoxy) is 1. The zero-order valence-electron chi connectivity index (χ0n) is 15.1. The topological polar surface area (TPSA) is 112 Å². The molecule has 0 unspecified atom stereocenters. The molecule has 29 heavy (non-hydrogen) atoms. The molecule has 1 N–H and O–H groups in total. The zero-order chi connectivity index (χ0) is 20.6. The van der Waals surface area contributed by atoms with Gasteiger partial charge in [-0.2, -0.15) is 0 Å². The van der Waals surface area contributed by atoms with Gasteiger partial charge in [-0.25, -0.2) is 4.79 Å². The van der Waals surface area contributed by atoms with Gasteiger partial charge in [0, 0.05) is 12.1 Å². The van der Waals surface area contributed by atoms with E-state index < -0.39 is 16.8 Å². The van der Waals surface area contributed by atoms with Crippen molar-refractivity contribution in [2.45, 2.75) is 6.61 Å². The lowest BCUT2D eigenvalue weighted by Gasteiger charge is -2.10. The van der Waals surface area contributed by atoms with Gasteiger partial charge >= 0.3 is 5.97 Å². The Bertz CT molecular complexity index is 1040. The Morgan fingerprint density at radius 2 is 1.86 bits per heavy atom. The average Bonchev–Trinajstić information content (AvgIpc) is 3.27. The molecule has 1 heterocycles. The van der Waals surface area contributed by atoms with Gasteiger partial charge in [0.1, 0.15) is 12.3 Å². The van der Waals surface area contributed by atoms with Crippen molar-refractivity contribution < 1.29 is 23.7 Å². The van der Waals surface area contributed by atoms with Gasteiger partial charge in [-0.05, 0) is 29.3 Å². The number of carbonyl (C=O) groups excluding carboxylic acids is 2. The maximum absolute atomic E-state index is 12.6. The minimum absolute atomic E-state index is 0.00255. The normalized spacial score (nSPS) is 11.0. The summed E-state index contributed by atoms with van der Waals surface area (Å²) in [5.41, 5.74) is 0.800. The first-order chi connectivity index (χ1) is 14.0. The summed E-state index contributed by atoms with van der Waals surface area (Å²) in [5.74, 6) is -1.44. The van der Waals surface area contributed by atoms with Crippen molar-refractivity contribution in [1.82, 2.24) is 5.32 Å². The highest BCUT2D eigenvalue weighted by Crippen LogP contribution is 2.16. The number of nitrogens with one attached hydrogen (secondary N) is 1. The molecule has 0 radical (unpaired) electrons. The number of nitro benzene ring substituents is 1. The van der Waals surface area contributed by atoms with Crippen LogP contribution in [0.2, 0.25) is 0 Å². The Morgan fingerprint density at radius 3 is 2.55 bits per heavy atom. The van der Waals surface area contributed by atoms with Crippen LogP contribution < -0.4 is 5.32 Å². The fraction of sp³-hybridized carbons (Fsp3) is 0.0476. The van der Waals surface area contributed by atoms with Crippen molar-refractivity contribution in [3.05, 3.63) is 106 Å². The SMILES string of the molecule is O=C(OCc1ccccc1)C(=Cc1cccc([N+](=O)[O-])c1)NC(=O)c1ccco1. The lowest BCUT2D eigenvalue weighted by molar-refractivity contribution is -0.384. The molecule has 0 bridgehead atoms. The molecule has 8 nitrogen and oxygen atoms in total. The number of amides is 1. The fourth-order valence-electron chi connectivity index (χ4n) is 2.43. The van der Waals surface area contributed by atoms with Crippen molar-refractivity contribution in [3.63, 3.8) is 0 Å². The van der Waals surface area contributed by atoms with Crippen LogP contribution in [0.3, 0.4) is 0 Å². The van der Waals surface area contributed by atoms with Gasteiger partial charge in [-0.15, -0.1) is 0 Å². The van der Waals surface area contributed by atoms with Gasteiger partial charge in [0.05, 0.1) is 11.2 Å². The van der Waals surface area contributed by atoms with Crippen molar-refractivity contribution >= 4 is 23.6 Å². The second kappa shape index (κ2) is 9.14. The van der Waals surface area contributed by atoms with Gasteiger partial charge in [-0.1, -0.05) is 42.5 Å². The Kier molecular flexibility index (Phi) is 6.16. The van der Waals surface area contributed by atoms with Gasteiger partial charge in [0.2, 0.25) is 0 Å². The summed E-state index contributed by atoms with van der Waals surface area (Å²) >= 11 is 0. The number of benzene rings is 2. The van der Waals surface area contributed by atoms with Crippen molar-refractivity contribution in [1.29, 1.82) is 0 Å². The Balaban J connectivity index is 1.84. The third-order valence-electron chi connectivity index (χ3n) is 3.82. The summed E-state index contributed by atoms with van der Waals surface area (Å²) in [7, 11) is 0. The van der Waals surface area contributed by atoms with E-state index in [9.17, 15) is 19.7 Å². The third kappa shape index (κ3) is 5.39. The molecule has 0 atom stereocenters. The van der Waals surface area contributed by atoms with Gasteiger partial charge in [0.25, 0.3) is 11.6 Å². The molecule has 0 aliphatic rings. The number of nitrogens with zero attached hydrogens (tertiary/aromatic N) is 1.